The van der Waals surface area contributed by atoms with E-state index in [0.29, 0.717) is 0 Å². The third-order valence-electron chi connectivity index (χ3n) is 5.56. The van der Waals surface area contributed by atoms with Gasteiger partial charge in [0.2, 0.25) is 0 Å². The molecule has 1 saturated heterocycles. The standard InChI is InChI=1S/C22H40O3/c1-6-7-8-9-10-11-12-15-22(5,24)17-14-20-19(25-20)13-16-21(3,4)18(2)23/h14,17,19-20,24H,6-13,15-16H2,1-5H3/b17-14+. The molecule has 0 aromatic carbocycles. The number of ether oxygens (including phenoxy) is 1. The Kier molecular flexibility index (Phi) is 9.37. The molecule has 0 bridgehead atoms. The predicted molar refractivity (Wildman–Crippen MR) is 105 cm³/mol. The normalized spacial score (nSPS) is 23.0. The monoisotopic (exact) mass is 352 g/mol. The lowest BCUT2D eigenvalue weighted by Crippen LogP contribution is -2.22. The van der Waals surface area contributed by atoms with Gasteiger partial charge in [0.25, 0.3) is 0 Å². The first-order valence-corrected chi connectivity index (χ1v) is 10.3. The van der Waals surface area contributed by atoms with Crippen LogP contribution in [0.4, 0.5) is 0 Å². The smallest absolute Gasteiger partial charge is 0.135 e. The van der Waals surface area contributed by atoms with Crippen molar-refractivity contribution in [1.82, 2.24) is 0 Å². The van der Waals surface area contributed by atoms with Gasteiger partial charge >= 0.3 is 0 Å². The summed E-state index contributed by atoms with van der Waals surface area (Å²) in [5, 5.41) is 10.5. The molecule has 0 aromatic heterocycles. The van der Waals surface area contributed by atoms with E-state index in [2.05, 4.69) is 6.92 Å². The van der Waals surface area contributed by atoms with E-state index in [1.807, 2.05) is 32.9 Å². The van der Waals surface area contributed by atoms with Crippen LogP contribution in [0, 0.1) is 5.41 Å². The number of hydrogen-bond donors (Lipinski definition) is 1. The number of unbranched alkanes of at least 4 members (excludes halogenated alkanes) is 6. The van der Waals surface area contributed by atoms with Crippen LogP contribution in [0.2, 0.25) is 0 Å². The number of rotatable bonds is 14. The molecule has 1 N–H and O–H groups in total. The summed E-state index contributed by atoms with van der Waals surface area (Å²) in [6.45, 7) is 9.77. The minimum Gasteiger partial charge on any atom is -0.386 e. The van der Waals surface area contributed by atoms with E-state index in [9.17, 15) is 9.90 Å². The molecule has 3 atom stereocenters. The van der Waals surface area contributed by atoms with Crippen molar-refractivity contribution in [3.8, 4) is 0 Å². The van der Waals surface area contributed by atoms with Crippen LogP contribution in [0.3, 0.4) is 0 Å². The molecule has 1 fully saturated rings. The summed E-state index contributed by atoms with van der Waals surface area (Å²) in [6, 6.07) is 0. The highest BCUT2D eigenvalue weighted by Crippen LogP contribution is 2.34. The van der Waals surface area contributed by atoms with Crippen LogP contribution in [-0.4, -0.2) is 28.7 Å². The molecule has 3 unspecified atom stereocenters. The summed E-state index contributed by atoms with van der Waals surface area (Å²) in [5.41, 5.74) is -0.999. The maximum Gasteiger partial charge on any atom is 0.135 e. The lowest BCUT2D eigenvalue weighted by atomic mass is 9.83. The van der Waals surface area contributed by atoms with Gasteiger partial charge in [0.15, 0.2) is 0 Å². The Balaban J connectivity index is 2.17. The molecule has 146 valence electrons. The van der Waals surface area contributed by atoms with Crippen molar-refractivity contribution in [1.29, 1.82) is 0 Å². The molecule has 0 saturated carbocycles. The number of carbonyl (C=O) groups is 1. The van der Waals surface area contributed by atoms with Crippen LogP contribution in [0.25, 0.3) is 0 Å². The Labute approximate surface area is 155 Å². The van der Waals surface area contributed by atoms with Crippen molar-refractivity contribution < 1.29 is 14.6 Å². The lowest BCUT2D eigenvalue weighted by Gasteiger charge is -2.20. The lowest BCUT2D eigenvalue weighted by molar-refractivity contribution is -0.125. The number of aliphatic hydroxyl groups is 1. The average molecular weight is 353 g/mol. The van der Waals surface area contributed by atoms with Gasteiger partial charge < -0.3 is 9.84 Å². The molecule has 1 rings (SSSR count). The van der Waals surface area contributed by atoms with Crippen LogP contribution >= 0.6 is 0 Å². The third kappa shape index (κ3) is 9.55. The second kappa shape index (κ2) is 10.5. The van der Waals surface area contributed by atoms with E-state index in [-0.39, 0.29) is 23.4 Å². The van der Waals surface area contributed by atoms with Gasteiger partial charge in [-0.15, -0.1) is 0 Å². The van der Waals surface area contributed by atoms with Gasteiger partial charge in [-0.1, -0.05) is 77.9 Å². The van der Waals surface area contributed by atoms with Gasteiger partial charge in [0, 0.05) is 5.41 Å². The Bertz CT molecular complexity index is 423. The van der Waals surface area contributed by atoms with Gasteiger partial charge in [-0.05, 0) is 33.1 Å². The SMILES string of the molecule is CCCCCCCCCC(C)(O)/C=C/C1OC1CCC(C)(C)C(C)=O. The number of hydrogen-bond acceptors (Lipinski definition) is 3. The molecular formula is C22H40O3. The molecule has 1 heterocycles. The Hall–Kier alpha value is -0.670. The molecule has 1 aliphatic rings. The van der Waals surface area contributed by atoms with Gasteiger partial charge in [-0.25, -0.2) is 0 Å². The second-order valence-electron chi connectivity index (χ2n) is 8.71. The van der Waals surface area contributed by atoms with E-state index >= 15 is 0 Å². The van der Waals surface area contributed by atoms with Crippen molar-refractivity contribution >= 4 is 5.78 Å². The summed E-state index contributed by atoms with van der Waals surface area (Å²) >= 11 is 0. The summed E-state index contributed by atoms with van der Waals surface area (Å²) in [7, 11) is 0. The first-order valence-electron chi connectivity index (χ1n) is 10.3. The molecule has 25 heavy (non-hydrogen) atoms. The molecule has 0 aliphatic carbocycles. The Morgan fingerprint density at radius 1 is 1.04 bits per heavy atom. The van der Waals surface area contributed by atoms with Crippen LogP contribution in [0.5, 0.6) is 0 Å². The molecule has 3 heteroatoms. The molecule has 0 radical (unpaired) electrons. The first-order chi connectivity index (χ1) is 11.7. The van der Waals surface area contributed by atoms with Crippen LogP contribution in [0.1, 0.15) is 98.8 Å². The molecular weight excluding hydrogens is 312 g/mol. The Morgan fingerprint density at radius 2 is 1.64 bits per heavy atom. The van der Waals surface area contributed by atoms with Crippen LogP contribution < -0.4 is 0 Å². The zero-order chi connectivity index (χ0) is 18.9. The highest BCUT2D eigenvalue weighted by Gasteiger charge is 2.38. The summed E-state index contributed by atoms with van der Waals surface area (Å²) in [6.07, 6.45) is 15.7. The van der Waals surface area contributed by atoms with E-state index in [0.717, 1.165) is 25.7 Å². The molecule has 3 nitrogen and oxygen atoms in total. The minimum absolute atomic E-state index is 0.114. The largest absolute Gasteiger partial charge is 0.386 e. The topological polar surface area (TPSA) is 49.8 Å². The fourth-order valence-corrected chi connectivity index (χ4v) is 3.06. The van der Waals surface area contributed by atoms with E-state index in [1.165, 1.54) is 38.5 Å². The third-order valence-corrected chi connectivity index (χ3v) is 5.56. The summed E-state index contributed by atoms with van der Waals surface area (Å²) < 4.78 is 5.66. The molecule has 0 amide bonds. The van der Waals surface area contributed by atoms with Crippen molar-refractivity contribution in [3.05, 3.63) is 12.2 Å². The number of Topliss-reactive ketones (excluding diaryl/α,β-unsaturated/α-hetero) is 1. The fraction of sp³-hybridized carbons (Fsp3) is 0.864. The average Bonchev–Trinajstić information content (AvgIpc) is 3.29. The van der Waals surface area contributed by atoms with Crippen LogP contribution in [0.15, 0.2) is 12.2 Å². The van der Waals surface area contributed by atoms with Gasteiger partial charge in [0.1, 0.15) is 11.9 Å². The van der Waals surface area contributed by atoms with Crippen molar-refractivity contribution in [3.63, 3.8) is 0 Å². The van der Waals surface area contributed by atoms with Gasteiger partial charge in [0.05, 0.1) is 11.7 Å². The summed E-state index contributed by atoms with van der Waals surface area (Å²) in [4.78, 5) is 11.5. The zero-order valence-electron chi connectivity index (χ0n) is 17.1. The maximum atomic E-state index is 11.5. The van der Waals surface area contributed by atoms with Gasteiger partial charge in [-0.2, -0.15) is 0 Å². The van der Waals surface area contributed by atoms with E-state index < -0.39 is 5.60 Å². The first kappa shape index (κ1) is 22.4. The van der Waals surface area contributed by atoms with Crippen molar-refractivity contribution in [2.45, 2.75) is 117 Å². The quantitative estimate of drug-likeness (QED) is 0.251. The molecule has 1 aliphatic heterocycles. The zero-order valence-corrected chi connectivity index (χ0v) is 17.1. The minimum atomic E-state index is -0.738. The van der Waals surface area contributed by atoms with E-state index in [4.69, 9.17) is 4.74 Å². The highest BCUT2D eigenvalue weighted by molar-refractivity contribution is 5.81. The van der Waals surface area contributed by atoms with E-state index in [1.54, 1.807) is 6.92 Å². The number of epoxide rings is 1. The van der Waals surface area contributed by atoms with Crippen molar-refractivity contribution in [2.24, 2.45) is 5.41 Å². The summed E-state index contributed by atoms with van der Waals surface area (Å²) in [5.74, 6) is 0.234. The van der Waals surface area contributed by atoms with Crippen LogP contribution in [-0.2, 0) is 9.53 Å². The highest BCUT2D eigenvalue weighted by atomic mass is 16.6. The number of ketones is 1. The molecule has 0 aromatic rings. The predicted octanol–water partition coefficient (Wildman–Crippen LogP) is 5.60. The Morgan fingerprint density at radius 3 is 2.24 bits per heavy atom. The van der Waals surface area contributed by atoms with Gasteiger partial charge in [-0.3, -0.25) is 4.79 Å². The fourth-order valence-electron chi connectivity index (χ4n) is 3.06. The number of carbonyl (C=O) groups excluding carboxylic acids is 1. The molecule has 0 spiro atoms. The second-order valence-corrected chi connectivity index (χ2v) is 8.71. The maximum absolute atomic E-state index is 11.5. The van der Waals surface area contributed by atoms with Crippen molar-refractivity contribution in [2.75, 3.05) is 0 Å².